The second kappa shape index (κ2) is 6.66. The SMILES string of the molecule is Cc1cc(CC(C)NC(=O)Cn2cnc3ccccc3c2=O)n[nH]1. The number of nitrogens with zero attached hydrogens (tertiary/aromatic N) is 3. The Bertz CT molecular complexity index is 928. The van der Waals surface area contributed by atoms with E-state index in [0.717, 1.165) is 11.4 Å². The van der Waals surface area contributed by atoms with Crippen LogP contribution in [-0.2, 0) is 17.8 Å². The maximum Gasteiger partial charge on any atom is 0.261 e. The fraction of sp³-hybridized carbons (Fsp3) is 0.294. The van der Waals surface area contributed by atoms with Gasteiger partial charge in [-0.1, -0.05) is 12.1 Å². The quantitative estimate of drug-likeness (QED) is 0.736. The first-order chi connectivity index (χ1) is 11.5. The molecule has 0 saturated carbocycles. The lowest BCUT2D eigenvalue weighted by Gasteiger charge is -2.13. The third-order valence-corrected chi connectivity index (χ3v) is 3.73. The van der Waals surface area contributed by atoms with Gasteiger partial charge in [0.05, 0.1) is 22.9 Å². The minimum Gasteiger partial charge on any atom is -0.352 e. The summed E-state index contributed by atoms with van der Waals surface area (Å²) in [6.07, 6.45) is 2.03. The zero-order chi connectivity index (χ0) is 17.1. The van der Waals surface area contributed by atoms with Gasteiger partial charge in [-0.3, -0.25) is 19.3 Å². The van der Waals surface area contributed by atoms with Crippen LogP contribution in [0.1, 0.15) is 18.3 Å². The average Bonchev–Trinajstić information content (AvgIpc) is 2.95. The predicted molar refractivity (Wildman–Crippen MR) is 90.6 cm³/mol. The number of fused-ring (bicyclic) bond motifs is 1. The Balaban J connectivity index is 1.66. The molecule has 1 aromatic carbocycles. The first-order valence-electron chi connectivity index (χ1n) is 7.77. The van der Waals surface area contributed by atoms with Gasteiger partial charge in [-0.2, -0.15) is 5.10 Å². The van der Waals surface area contributed by atoms with Gasteiger partial charge in [0.2, 0.25) is 5.91 Å². The second-order valence-corrected chi connectivity index (χ2v) is 5.91. The van der Waals surface area contributed by atoms with Crippen LogP contribution in [-0.4, -0.2) is 31.7 Å². The number of carbonyl (C=O) groups excluding carboxylic acids is 1. The molecule has 0 spiro atoms. The molecule has 0 fully saturated rings. The van der Waals surface area contributed by atoms with Gasteiger partial charge in [0.1, 0.15) is 6.54 Å². The van der Waals surface area contributed by atoms with Crippen molar-refractivity contribution in [2.45, 2.75) is 32.9 Å². The molecule has 2 N–H and O–H groups in total. The van der Waals surface area contributed by atoms with E-state index in [1.54, 1.807) is 18.2 Å². The van der Waals surface area contributed by atoms with Crippen molar-refractivity contribution >= 4 is 16.8 Å². The van der Waals surface area contributed by atoms with Crippen LogP contribution >= 0.6 is 0 Å². The van der Waals surface area contributed by atoms with E-state index in [0.29, 0.717) is 17.3 Å². The molecule has 0 bridgehead atoms. The van der Waals surface area contributed by atoms with E-state index in [-0.39, 0.29) is 24.1 Å². The van der Waals surface area contributed by atoms with Crippen LogP contribution in [0.5, 0.6) is 0 Å². The Labute approximate surface area is 138 Å². The number of rotatable bonds is 5. The monoisotopic (exact) mass is 325 g/mol. The van der Waals surface area contributed by atoms with Crippen LogP contribution in [0.3, 0.4) is 0 Å². The molecule has 3 aromatic rings. The number of amides is 1. The Morgan fingerprint density at radius 3 is 2.92 bits per heavy atom. The minimum absolute atomic E-state index is 0.0550. The number of hydrogen-bond acceptors (Lipinski definition) is 4. The van der Waals surface area contributed by atoms with Crippen LogP contribution in [0.2, 0.25) is 0 Å². The molecule has 7 nitrogen and oxygen atoms in total. The summed E-state index contributed by atoms with van der Waals surface area (Å²) in [6.45, 7) is 3.78. The maximum atomic E-state index is 12.4. The summed E-state index contributed by atoms with van der Waals surface area (Å²) in [7, 11) is 0. The molecule has 24 heavy (non-hydrogen) atoms. The number of para-hydroxylation sites is 1. The van der Waals surface area contributed by atoms with Gasteiger partial charge in [0.15, 0.2) is 0 Å². The topological polar surface area (TPSA) is 92.7 Å². The van der Waals surface area contributed by atoms with Gasteiger partial charge in [0.25, 0.3) is 5.56 Å². The number of aromatic amines is 1. The van der Waals surface area contributed by atoms with Crippen molar-refractivity contribution in [1.82, 2.24) is 25.1 Å². The Morgan fingerprint density at radius 1 is 1.38 bits per heavy atom. The molecule has 1 atom stereocenters. The van der Waals surface area contributed by atoms with E-state index in [2.05, 4.69) is 20.5 Å². The largest absolute Gasteiger partial charge is 0.352 e. The molecule has 1 unspecified atom stereocenters. The summed E-state index contributed by atoms with van der Waals surface area (Å²) < 4.78 is 1.32. The molecule has 2 aromatic heterocycles. The fourth-order valence-electron chi connectivity index (χ4n) is 2.64. The number of carbonyl (C=O) groups is 1. The molecule has 0 aliphatic heterocycles. The lowest BCUT2D eigenvalue weighted by Crippen LogP contribution is -2.38. The molecule has 0 saturated heterocycles. The zero-order valence-corrected chi connectivity index (χ0v) is 13.6. The highest BCUT2D eigenvalue weighted by molar-refractivity contribution is 5.79. The maximum absolute atomic E-state index is 12.4. The summed E-state index contributed by atoms with van der Waals surface area (Å²) >= 11 is 0. The average molecular weight is 325 g/mol. The fourth-order valence-corrected chi connectivity index (χ4v) is 2.64. The Kier molecular flexibility index (Phi) is 4.41. The molecule has 3 rings (SSSR count). The van der Waals surface area contributed by atoms with E-state index in [4.69, 9.17) is 0 Å². The van der Waals surface area contributed by atoms with Crippen LogP contribution < -0.4 is 10.9 Å². The van der Waals surface area contributed by atoms with Crippen LogP contribution in [0.15, 0.2) is 41.5 Å². The van der Waals surface area contributed by atoms with E-state index < -0.39 is 0 Å². The normalized spacial score (nSPS) is 12.2. The smallest absolute Gasteiger partial charge is 0.261 e. The van der Waals surface area contributed by atoms with Gasteiger partial charge in [-0.05, 0) is 32.0 Å². The van der Waals surface area contributed by atoms with Crippen molar-refractivity contribution < 1.29 is 4.79 Å². The molecular formula is C17H19N5O2. The molecule has 124 valence electrons. The minimum atomic E-state index is -0.228. The standard InChI is InChI=1S/C17H19N5O2/c1-11(7-13-8-12(2)20-21-13)19-16(23)9-22-10-18-15-6-4-3-5-14(15)17(22)24/h3-6,8,10-11H,7,9H2,1-2H3,(H,19,23)(H,20,21). The number of H-pyrrole nitrogens is 1. The predicted octanol–water partition coefficient (Wildman–Crippen LogP) is 1.18. The van der Waals surface area contributed by atoms with Gasteiger partial charge in [0, 0.05) is 18.2 Å². The molecular weight excluding hydrogens is 306 g/mol. The summed E-state index contributed by atoms with van der Waals surface area (Å²) in [6, 6.07) is 8.95. The Morgan fingerprint density at radius 2 is 2.17 bits per heavy atom. The van der Waals surface area contributed by atoms with Gasteiger partial charge in [-0.25, -0.2) is 4.98 Å². The van der Waals surface area contributed by atoms with E-state index in [1.165, 1.54) is 10.9 Å². The summed E-state index contributed by atoms with van der Waals surface area (Å²) in [5.41, 5.74) is 2.29. The number of aryl methyl sites for hydroxylation is 1. The summed E-state index contributed by atoms with van der Waals surface area (Å²) in [5, 5.41) is 10.4. The summed E-state index contributed by atoms with van der Waals surface area (Å²) in [4.78, 5) is 28.8. The highest BCUT2D eigenvalue weighted by Gasteiger charge is 2.12. The number of aromatic nitrogens is 4. The van der Waals surface area contributed by atoms with Gasteiger partial charge in [-0.15, -0.1) is 0 Å². The molecule has 0 radical (unpaired) electrons. The van der Waals surface area contributed by atoms with Crippen molar-refractivity contribution in [3.05, 3.63) is 58.4 Å². The van der Waals surface area contributed by atoms with Crippen molar-refractivity contribution in [1.29, 1.82) is 0 Å². The highest BCUT2D eigenvalue weighted by Crippen LogP contribution is 2.05. The van der Waals surface area contributed by atoms with Crippen LogP contribution in [0.4, 0.5) is 0 Å². The zero-order valence-electron chi connectivity index (χ0n) is 13.6. The number of nitrogens with one attached hydrogen (secondary N) is 2. The summed E-state index contributed by atoms with van der Waals surface area (Å²) in [5.74, 6) is -0.228. The Hall–Kier alpha value is -2.96. The molecule has 7 heteroatoms. The molecule has 2 heterocycles. The first kappa shape index (κ1) is 15.9. The third kappa shape index (κ3) is 3.51. The highest BCUT2D eigenvalue weighted by atomic mass is 16.2. The van der Waals surface area contributed by atoms with Crippen molar-refractivity contribution in [3.63, 3.8) is 0 Å². The van der Waals surface area contributed by atoms with Gasteiger partial charge >= 0.3 is 0 Å². The van der Waals surface area contributed by atoms with Crippen LogP contribution in [0.25, 0.3) is 10.9 Å². The number of hydrogen-bond donors (Lipinski definition) is 2. The second-order valence-electron chi connectivity index (χ2n) is 5.91. The van der Waals surface area contributed by atoms with Crippen molar-refractivity contribution in [2.75, 3.05) is 0 Å². The first-order valence-corrected chi connectivity index (χ1v) is 7.77. The van der Waals surface area contributed by atoms with Gasteiger partial charge < -0.3 is 5.32 Å². The lowest BCUT2D eigenvalue weighted by molar-refractivity contribution is -0.122. The van der Waals surface area contributed by atoms with E-state index in [9.17, 15) is 9.59 Å². The molecule has 0 aliphatic rings. The van der Waals surface area contributed by atoms with Crippen molar-refractivity contribution in [2.24, 2.45) is 0 Å². The third-order valence-electron chi connectivity index (χ3n) is 3.73. The lowest BCUT2D eigenvalue weighted by atomic mass is 10.2. The van der Waals surface area contributed by atoms with E-state index in [1.807, 2.05) is 26.0 Å². The molecule has 0 aliphatic carbocycles. The van der Waals surface area contributed by atoms with Crippen LogP contribution in [0, 0.1) is 6.92 Å². The number of benzene rings is 1. The van der Waals surface area contributed by atoms with E-state index >= 15 is 0 Å². The van der Waals surface area contributed by atoms with Crippen molar-refractivity contribution in [3.8, 4) is 0 Å². The molecule has 1 amide bonds.